The van der Waals surface area contributed by atoms with E-state index in [0.29, 0.717) is 34.0 Å². The number of aryl methyl sites for hydroxylation is 1. The lowest BCUT2D eigenvalue weighted by Crippen LogP contribution is -2.43. The smallest absolute Gasteiger partial charge is 0.410 e. The Bertz CT molecular complexity index is 2070. The molecule has 13 heteroatoms. The summed E-state index contributed by atoms with van der Waals surface area (Å²) in [6, 6.07) is 10.6. The predicted octanol–water partition coefficient (Wildman–Crippen LogP) is 8.31. The second-order valence-electron chi connectivity index (χ2n) is 12.9. The second kappa shape index (κ2) is 11.2. The van der Waals surface area contributed by atoms with E-state index in [2.05, 4.69) is 16.7 Å². The van der Waals surface area contributed by atoms with Crippen molar-refractivity contribution >= 4 is 69.0 Å². The molecule has 0 spiro atoms. The van der Waals surface area contributed by atoms with E-state index in [0.717, 1.165) is 35.9 Å². The summed E-state index contributed by atoms with van der Waals surface area (Å²) in [7, 11) is 1.39. The maximum absolute atomic E-state index is 17.1. The molecule has 3 saturated heterocycles. The number of hydrogen-bond donors (Lipinski definition) is 1. The van der Waals surface area contributed by atoms with Gasteiger partial charge in [0.2, 0.25) is 0 Å². The van der Waals surface area contributed by atoms with Gasteiger partial charge in [-0.25, -0.2) is 19.0 Å². The van der Waals surface area contributed by atoms with Gasteiger partial charge in [0.25, 0.3) is 0 Å². The summed E-state index contributed by atoms with van der Waals surface area (Å²) in [5.74, 6) is -0.122. The second-order valence-corrected chi connectivity index (χ2v) is 14.5. The minimum atomic E-state index is -0.958. The lowest BCUT2D eigenvalue weighted by Gasteiger charge is -2.40. The molecule has 1 N–H and O–H groups in total. The Hall–Kier alpha value is -3.72. The SMILES string of the molecule is COC(=O)N1[C@@H](c2cc3c(SC)nc4c(F)c(-c5cccc(Cl)c5Cl)c(CCC#N)cc4c3n2[C@H]2[C@@H]3C[C@H]2N(C(=O)O)C3)C[C@@H]2C[C@@H]21. The Balaban J connectivity index is 1.44. The van der Waals surface area contributed by atoms with Gasteiger partial charge >= 0.3 is 12.2 Å². The number of nitriles is 1. The maximum Gasteiger partial charge on any atom is 0.410 e. The van der Waals surface area contributed by atoms with Crippen molar-refractivity contribution < 1.29 is 23.8 Å². The van der Waals surface area contributed by atoms with Crippen LogP contribution in [0.15, 0.2) is 35.4 Å². The number of amides is 2. The zero-order chi connectivity index (χ0) is 32.9. The van der Waals surface area contributed by atoms with Gasteiger partial charge in [-0.3, -0.25) is 4.90 Å². The largest absolute Gasteiger partial charge is 0.465 e. The zero-order valence-electron chi connectivity index (χ0n) is 25.5. The van der Waals surface area contributed by atoms with Crippen LogP contribution in [0.3, 0.4) is 0 Å². The topological polar surface area (TPSA) is 112 Å². The molecule has 5 fully saturated rings. The average Bonchev–Trinajstić information content (AvgIpc) is 3.43. The molecule has 2 aliphatic carbocycles. The van der Waals surface area contributed by atoms with E-state index in [9.17, 15) is 20.0 Å². The number of likely N-dealkylation sites (tertiary alicyclic amines) is 1. The normalized spacial score (nSPS) is 25.6. The number of nitrogens with zero attached hydrogens (tertiary/aromatic N) is 5. The van der Waals surface area contributed by atoms with E-state index in [1.807, 2.05) is 17.2 Å². The van der Waals surface area contributed by atoms with Crippen molar-refractivity contribution in [2.45, 2.75) is 61.3 Å². The van der Waals surface area contributed by atoms with Gasteiger partial charge in [0.1, 0.15) is 10.5 Å². The molecule has 2 saturated carbocycles. The number of benzene rings is 2. The fraction of sp³-hybridized carbons (Fsp3) is 0.412. The number of ether oxygens (including phenoxy) is 1. The lowest BCUT2D eigenvalue weighted by atomic mass is 9.79. The van der Waals surface area contributed by atoms with Crippen molar-refractivity contribution in [2.24, 2.45) is 11.8 Å². The van der Waals surface area contributed by atoms with Crippen LogP contribution < -0.4 is 0 Å². The number of methoxy groups -OCH3 is 1. The van der Waals surface area contributed by atoms with Crippen LogP contribution in [-0.2, 0) is 11.2 Å². The van der Waals surface area contributed by atoms with Crippen molar-refractivity contribution in [3.63, 3.8) is 0 Å². The summed E-state index contributed by atoms with van der Waals surface area (Å²) < 4.78 is 24.6. The molecule has 6 atom stereocenters. The third-order valence-corrected chi connectivity index (χ3v) is 12.2. The highest BCUT2D eigenvalue weighted by atomic mass is 35.5. The number of carbonyl (C=O) groups excluding carboxylic acids is 1. The molecule has 5 heterocycles. The number of carboxylic acid groups (broad SMARTS) is 1. The molecular weight excluding hydrogens is 664 g/mol. The van der Waals surface area contributed by atoms with Crippen molar-refractivity contribution in [3.05, 3.63) is 57.5 Å². The molecule has 242 valence electrons. The Morgan fingerprint density at radius 1 is 1.17 bits per heavy atom. The van der Waals surface area contributed by atoms with Gasteiger partial charge in [-0.1, -0.05) is 35.3 Å². The molecular formula is C34H30Cl2FN5O4S. The van der Waals surface area contributed by atoms with Gasteiger partial charge in [0.15, 0.2) is 5.82 Å². The Kier molecular flexibility index (Phi) is 7.28. The summed E-state index contributed by atoms with van der Waals surface area (Å²) in [5.41, 5.74) is 3.06. The summed E-state index contributed by atoms with van der Waals surface area (Å²) in [6.45, 7) is 0.415. The summed E-state index contributed by atoms with van der Waals surface area (Å²) in [5, 5.41) is 22.1. The Labute approximate surface area is 284 Å². The predicted molar refractivity (Wildman–Crippen MR) is 178 cm³/mol. The molecule has 2 bridgehead atoms. The molecule has 0 unspecified atom stereocenters. The van der Waals surface area contributed by atoms with E-state index < -0.39 is 11.9 Å². The minimum Gasteiger partial charge on any atom is -0.465 e. The molecule has 9 rings (SSSR count). The number of aromatic nitrogens is 2. The van der Waals surface area contributed by atoms with Gasteiger partial charge in [-0.15, -0.1) is 11.8 Å². The summed E-state index contributed by atoms with van der Waals surface area (Å²) in [4.78, 5) is 33.6. The molecule has 5 aliphatic rings. The third kappa shape index (κ3) is 4.44. The van der Waals surface area contributed by atoms with Crippen LogP contribution in [0, 0.1) is 29.0 Å². The quantitative estimate of drug-likeness (QED) is 0.202. The minimum absolute atomic E-state index is 0.0707. The van der Waals surface area contributed by atoms with Gasteiger partial charge in [-0.05, 0) is 61.6 Å². The van der Waals surface area contributed by atoms with E-state index in [-0.39, 0.29) is 70.1 Å². The molecule has 4 aromatic rings. The zero-order valence-corrected chi connectivity index (χ0v) is 27.9. The van der Waals surface area contributed by atoms with E-state index >= 15 is 4.39 Å². The summed E-state index contributed by atoms with van der Waals surface area (Å²) in [6.07, 6.45) is 3.40. The first-order valence-corrected chi connectivity index (χ1v) is 17.6. The fourth-order valence-electron chi connectivity index (χ4n) is 8.52. The highest BCUT2D eigenvalue weighted by Gasteiger charge is 2.59. The molecule has 47 heavy (non-hydrogen) atoms. The monoisotopic (exact) mass is 693 g/mol. The lowest BCUT2D eigenvalue weighted by molar-refractivity contribution is 0.104. The first kappa shape index (κ1) is 30.6. The number of hydrogen-bond acceptors (Lipinski definition) is 6. The van der Waals surface area contributed by atoms with Gasteiger partial charge in [0.05, 0.1) is 46.9 Å². The Morgan fingerprint density at radius 2 is 1.96 bits per heavy atom. The molecule has 3 aliphatic heterocycles. The maximum atomic E-state index is 17.1. The standard InChI is InChI=1S/C34H30Cl2FN5O4S/c1-46-34(45)41-22-10-16(22)11-23(41)24-13-20-31(42(24)30-17-12-25(30)40(14-17)33(43)44)19-9-15(5-4-8-38)26(18-6-3-7-21(35)27(18)36)28(37)29(19)39-32(20)47-2/h3,6-7,9,13,16-17,22-23,25,30H,4-5,10-12,14H2,1-2H3,(H,43,44)/t16-,17+,22-,23+,25+,30-/m0/s1. The van der Waals surface area contributed by atoms with E-state index in [1.54, 1.807) is 18.2 Å². The third-order valence-electron chi connectivity index (χ3n) is 10.6. The highest BCUT2D eigenvalue weighted by molar-refractivity contribution is 7.98. The molecule has 0 radical (unpaired) electrons. The average molecular weight is 695 g/mol. The number of rotatable bonds is 6. The summed E-state index contributed by atoms with van der Waals surface area (Å²) >= 11 is 14.4. The molecule has 2 aromatic heterocycles. The van der Waals surface area contributed by atoms with Crippen LogP contribution >= 0.6 is 35.0 Å². The van der Waals surface area contributed by atoms with Crippen molar-refractivity contribution in [2.75, 3.05) is 19.9 Å². The van der Waals surface area contributed by atoms with Crippen LogP contribution in [-0.4, -0.2) is 68.6 Å². The first-order chi connectivity index (χ1) is 22.7. The fourth-order valence-corrected chi connectivity index (χ4v) is 9.47. The number of thioether (sulfide) groups is 1. The van der Waals surface area contributed by atoms with Crippen LogP contribution in [0.25, 0.3) is 32.9 Å². The van der Waals surface area contributed by atoms with Crippen molar-refractivity contribution in [1.82, 2.24) is 19.4 Å². The number of pyridine rings is 1. The molecule has 2 amide bonds. The van der Waals surface area contributed by atoms with Gasteiger partial charge in [0, 0.05) is 52.5 Å². The van der Waals surface area contributed by atoms with E-state index in [1.165, 1.54) is 23.8 Å². The van der Waals surface area contributed by atoms with Crippen LogP contribution in [0.5, 0.6) is 0 Å². The van der Waals surface area contributed by atoms with Gasteiger partial charge < -0.3 is 19.3 Å². The van der Waals surface area contributed by atoms with Crippen molar-refractivity contribution in [1.29, 1.82) is 5.26 Å². The van der Waals surface area contributed by atoms with Crippen LogP contribution in [0.4, 0.5) is 14.0 Å². The van der Waals surface area contributed by atoms with Crippen LogP contribution in [0.1, 0.15) is 49.0 Å². The molecule has 2 aromatic carbocycles. The van der Waals surface area contributed by atoms with Crippen molar-refractivity contribution in [3.8, 4) is 17.2 Å². The highest BCUT2D eigenvalue weighted by Crippen LogP contribution is 2.58. The number of piperidine rings is 1. The number of halogens is 3. The Morgan fingerprint density at radius 3 is 2.66 bits per heavy atom. The first-order valence-electron chi connectivity index (χ1n) is 15.6. The van der Waals surface area contributed by atoms with Gasteiger partial charge in [-0.2, -0.15) is 5.26 Å². The number of fused-ring (bicyclic) bond motifs is 5. The number of carbonyl (C=O) groups is 2. The van der Waals surface area contributed by atoms with Crippen LogP contribution in [0.2, 0.25) is 10.0 Å². The molecule has 9 nitrogen and oxygen atoms in total. The van der Waals surface area contributed by atoms with E-state index in [4.69, 9.17) is 32.9 Å².